The number of hydrogen-bond acceptors (Lipinski definition) is 3. The van der Waals surface area contributed by atoms with Gasteiger partial charge in [-0.2, -0.15) is 0 Å². The van der Waals surface area contributed by atoms with Crippen molar-refractivity contribution < 1.29 is 4.79 Å². The summed E-state index contributed by atoms with van der Waals surface area (Å²) in [4.78, 5) is 15.1. The summed E-state index contributed by atoms with van der Waals surface area (Å²) in [5.41, 5.74) is 2.90. The molecule has 1 unspecified atom stereocenters. The van der Waals surface area contributed by atoms with E-state index in [9.17, 15) is 4.79 Å². The van der Waals surface area contributed by atoms with Gasteiger partial charge in [0.05, 0.1) is 0 Å². The third kappa shape index (κ3) is 3.12. The Labute approximate surface area is 153 Å². The molecule has 2 heterocycles. The van der Waals surface area contributed by atoms with Gasteiger partial charge in [0.2, 0.25) is 0 Å². The van der Waals surface area contributed by atoms with Crippen LogP contribution in [0.25, 0.3) is 5.69 Å². The molecule has 1 atom stereocenters. The lowest BCUT2D eigenvalue weighted by Gasteiger charge is -2.41. The maximum atomic E-state index is 13.1. The standard InChI is InChI=1S/C21H22N4O/c1-21(18-8-3-2-4-9-18)11-6-12-24(14-21)20(26)17-7-5-10-19(13-17)25-15-22-23-16-25/h2-5,7-10,13,15-16H,6,11-12,14H2,1H3. The van der Waals surface area contributed by atoms with Crippen LogP contribution in [0.3, 0.4) is 0 Å². The summed E-state index contributed by atoms with van der Waals surface area (Å²) in [5, 5.41) is 7.67. The summed E-state index contributed by atoms with van der Waals surface area (Å²) in [6.45, 7) is 3.81. The van der Waals surface area contributed by atoms with Crippen LogP contribution in [0.15, 0.2) is 67.3 Å². The molecule has 0 spiro atoms. The molecule has 1 saturated heterocycles. The number of amides is 1. The van der Waals surface area contributed by atoms with Gasteiger partial charge < -0.3 is 4.90 Å². The van der Waals surface area contributed by atoms with Crippen molar-refractivity contribution >= 4 is 5.91 Å². The lowest BCUT2D eigenvalue weighted by molar-refractivity contribution is 0.0651. The SMILES string of the molecule is CC1(c2ccccc2)CCCN(C(=O)c2cccc(-n3cnnc3)c2)C1. The van der Waals surface area contributed by atoms with E-state index in [2.05, 4.69) is 41.4 Å². The second-order valence-electron chi connectivity index (χ2n) is 7.18. The Balaban J connectivity index is 1.58. The van der Waals surface area contributed by atoms with E-state index in [-0.39, 0.29) is 11.3 Å². The van der Waals surface area contributed by atoms with Crippen molar-refractivity contribution in [1.29, 1.82) is 0 Å². The molecule has 1 aliphatic heterocycles. The molecule has 0 saturated carbocycles. The van der Waals surface area contributed by atoms with Crippen molar-refractivity contribution in [2.75, 3.05) is 13.1 Å². The molecule has 5 nitrogen and oxygen atoms in total. The summed E-state index contributed by atoms with van der Waals surface area (Å²) in [5.74, 6) is 0.0850. The number of nitrogens with zero attached hydrogens (tertiary/aromatic N) is 4. The third-order valence-corrected chi connectivity index (χ3v) is 5.26. The second-order valence-corrected chi connectivity index (χ2v) is 7.18. The quantitative estimate of drug-likeness (QED) is 0.730. The normalized spacial score (nSPS) is 20.1. The van der Waals surface area contributed by atoms with Crippen LogP contribution in [0.2, 0.25) is 0 Å². The fourth-order valence-electron chi connectivity index (χ4n) is 3.81. The van der Waals surface area contributed by atoms with E-state index in [0.29, 0.717) is 5.56 Å². The molecule has 3 aromatic rings. The molecule has 1 aromatic heterocycles. The maximum absolute atomic E-state index is 13.1. The van der Waals surface area contributed by atoms with Crippen molar-refractivity contribution in [2.24, 2.45) is 0 Å². The molecule has 132 valence electrons. The van der Waals surface area contributed by atoms with Gasteiger partial charge >= 0.3 is 0 Å². The van der Waals surface area contributed by atoms with Crippen molar-refractivity contribution in [3.8, 4) is 5.69 Å². The third-order valence-electron chi connectivity index (χ3n) is 5.26. The van der Waals surface area contributed by atoms with Crippen LogP contribution in [-0.2, 0) is 5.41 Å². The van der Waals surface area contributed by atoms with Gasteiger partial charge in [0.25, 0.3) is 5.91 Å². The van der Waals surface area contributed by atoms with E-state index in [1.165, 1.54) is 5.56 Å². The number of benzene rings is 2. The zero-order chi connectivity index (χ0) is 18.0. The Morgan fingerprint density at radius 3 is 2.58 bits per heavy atom. The Bertz CT molecular complexity index is 891. The molecule has 0 N–H and O–H groups in total. The predicted octanol–water partition coefficient (Wildman–Crippen LogP) is 3.46. The molecule has 4 rings (SSSR count). The molecule has 5 heteroatoms. The fraction of sp³-hybridized carbons (Fsp3) is 0.286. The maximum Gasteiger partial charge on any atom is 0.253 e. The van der Waals surface area contributed by atoms with Crippen LogP contribution in [0.4, 0.5) is 0 Å². The first-order valence-corrected chi connectivity index (χ1v) is 8.96. The highest BCUT2D eigenvalue weighted by molar-refractivity contribution is 5.95. The summed E-state index contributed by atoms with van der Waals surface area (Å²) < 4.78 is 1.81. The molecule has 26 heavy (non-hydrogen) atoms. The van der Waals surface area contributed by atoms with Gasteiger partial charge in [0, 0.05) is 29.8 Å². The van der Waals surface area contributed by atoms with Crippen LogP contribution in [0.1, 0.15) is 35.7 Å². The highest BCUT2D eigenvalue weighted by Gasteiger charge is 2.34. The van der Waals surface area contributed by atoms with Crippen LogP contribution in [0, 0.1) is 0 Å². The summed E-state index contributed by atoms with van der Waals surface area (Å²) >= 11 is 0. The summed E-state index contributed by atoms with van der Waals surface area (Å²) in [6, 6.07) is 18.2. The van der Waals surface area contributed by atoms with Crippen LogP contribution >= 0.6 is 0 Å². The molecule has 1 aliphatic rings. The Morgan fingerprint density at radius 1 is 1.04 bits per heavy atom. The number of piperidine rings is 1. The van der Waals surface area contributed by atoms with Gasteiger partial charge in [0.15, 0.2) is 0 Å². The van der Waals surface area contributed by atoms with Gasteiger partial charge in [-0.1, -0.05) is 43.3 Å². The number of carbonyl (C=O) groups is 1. The predicted molar refractivity (Wildman–Crippen MR) is 100 cm³/mol. The lowest BCUT2D eigenvalue weighted by atomic mass is 9.76. The fourth-order valence-corrected chi connectivity index (χ4v) is 3.81. The van der Waals surface area contributed by atoms with E-state index in [4.69, 9.17) is 0 Å². The Morgan fingerprint density at radius 2 is 1.81 bits per heavy atom. The molecule has 0 radical (unpaired) electrons. The average molecular weight is 346 g/mol. The minimum Gasteiger partial charge on any atom is -0.338 e. The van der Waals surface area contributed by atoms with E-state index in [0.717, 1.165) is 31.6 Å². The molecule has 1 fully saturated rings. The van der Waals surface area contributed by atoms with E-state index >= 15 is 0 Å². The average Bonchev–Trinajstić information content (AvgIpc) is 3.23. The van der Waals surface area contributed by atoms with Crippen molar-refractivity contribution in [1.82, 2.24) is 19.7 Å². The monoisotopic (exact) mass is 346 g/mol. The number of hydrogen-bond donors (Lipinski definition) is 0. The van der Waals surface area contributed by atoms with Gasteiger partial charge in [-0.15, -0.1) is 10.2 Å². The second kappa shape index (κ2) is 6.75. The lowest BCUT2D eigenvalue weighted by Crippen LogP contribution is -2.47. The largest absolute Gasteiger partial charge is 0.338 e. The zero-order valence-electron chi connectivity index (χ0n) is 14.9. The molecule has 0 bridgehead atoms. The number of carbonyl (C=O) groups excluding carboxylic acids is 1. The highest BCUT2D eigenvalue weighted by Crippen LogP contribution is 2.34. The molecular weight excluding hydrogens is 324 g/mol. The van der Waals surface area contributed by atoms with Crippen molar-refractivity contribution in [3.05, 3.63) is 78.4 Å². The number of rotatable bonds is 3. The zero-order valence-corrected chi connectivity index (χ0v) is 14.9. The van der Waals surface area contributed by atoms with Crippen molar-refractivity contribution in [2.45, 2.75) is 25.2 Å². The first-order valence-electron chi connectivity index (χ1n) is 8.96. The van der Waals surface area contributed by atoms with Crippen LogP contribution in [-0.4, -0.2) is 38.7 Å². The topological polar surface area (TPSA) is 51.0 Å². The van der Waals surface area contributed by atoms with Gasteiger partial charge in [-0.05, 0) is 36.6 Å². The Kier molecular flexibility index (Phi) is 4.29. The van der Waals surface area contributed by atoms with Crippen molar-refractivity contribution in [3.63, 3.8) is 0 Å². The smallest absolute Gasteiger partial charge is 0.253 e. The van der Waals surface area contributed by atoms with Gasteiger partial charge in [-0.25, -0.2) is 0 Å². The summed E-state index contributed by atoms with van der Waals surface area (Å²) in [6.07, 6.45) is 5.39. The van der Waals surface area contributed by atoms with Crippen LogP contribution < -0.4 is 0 Å². The first-order chi connectivity index (χ1) is 12.7. The minimum absolute atomic E-state index is 0.00104. The Hall–Kier alpha value is -2.95. The molecular formula is C21H22N4O. The number of aromatic nitrogens is 3. The molecule has 1 amide bonds. The number of likely N-dealkylation sites (tertiary alicyclic amines) is 1. The molecule has 0 aliphatic carbocycles. The van der Waals surface area contributed by atoms with E-state index in [1.807, 2.05) is 35.2 Å². The van der Waals surface area contributed by atoms with E-state index < -0.39 is 0 Å². The summed E-state index contributed by atoms with van der Waals surface area (Å²) in [7, 11) is 0. The van der Waals surface area contributed by atoms with Gasteiger partial charge in [-0.3, -0.25) is 9.36 Å². The minimum atomic E-state index is 0.00104. The first kappa shape index (κ1) is 16.5. The highest BCUT2D eigenvalue weighted by atomic mass is 16.2. The van der Waals surface area contributed by atoms with Crippen LogP contribution in [0.5, 0.6) is 0 Å². The molecule has 2 aromatic carbocycles. The van der Waals surface area contributed by atoms with Gasteiger partial charge in [0.1, 0.15) is 12.7 Å². The van der Waals surface area contributed by atoms with E-state index in [1.54, 1.807) is 17.2 Å².